The van der Waals surface area contributed by atoms with Gasteiger partial charge in [0.25, 0.3) is 0 Å². The van der Waals surface area contributed by atoms with E-state index in [1.54, 1.807) is 0 Å². The van der Waals surface area contributed by atoms with Crippen molar-refractivity contribution in [1.29, 1.82) is 0 Å². The second kappa shape index (κ2) is 10.1. The molecular weight excluding hydrogens is 478 g/mol. The minimum atomic E-state index is -3.25. The van der Waals surface area contributed by atoms with Crippen molar-refractivity contribution in [2.45, 2.75) is 37.6 Å². The molecule has 2 aromatic carbocycles. The first-order valence-corrected chi connectivity index (χ1v) is 15.1. The van der Waals surface area contributed by atoms with Crippen LogP contribution in [0.2, 0.25) is 0 Å². The van der Waals surface area contributed by atoms with Crippen LogP contribution in [0.1, 0.15) is 17.5 Å². The molecule has 4 rings (SSSR count). The molecule has 178 valence electrons. The maximum Gasteiger partial charge on any atom is 0.169 e. The van der Waals surface area contributed by atoms with Gasteiger partial charge in [0.1, 0.15) is 0 Å². The first kappa shape index (κ1) is 24.1. The van der Waals surface area contributed by atoms with E-state index in [1.807, 2.05) is 65.6 Å². The van der Waals surface area contributed by atoms with Crippen LogP contribution in [0.15, 0.2) is 60.7 Å². The monoisotopic (exact) mass is 507 g/mol. The van der Waals surface area contributed by atoms with Crippen LogP contribution in [0.4, 0.5) is 0 Å². The maximum absolute atomic E-state index is 12.7. The standard InChI is InChI=1S/C23H29N3O4S3/c27-32(28)12-11-20(15-32)25-23(31)26(14-19-9-5-2-6-10-19)22-17-33(29,30)16-21(22)24-13-18-7-3-1-4-8-18/h1-10,20-22,24H,11-17H2,(H,25,31). The number of hydrogen-bond donors (Lipinski definition) is 2. The van der Waals surface area contributed by atoms with Crippen molar-refractivity contribution in [3.63, 3.8) is 0 Å². The molecule has 7 nitrogen and oxygen atoms in total. The number of sulfone groups is 2. The second-order valence-electron chi connectivity index (χ2n) is 8.78. The number of thiocarbonyl (C=S) groups is 1. The SMILES string of the molecule is O=S1(=O)CCC(NC(=S)N(Cc2ccccc2)C2CS(=O)(=O)CC2NCc2ccccc2)C1. The highest BCUT2D eigenvalue weighted by molar-refractivity contribution is 7.92. The minimum Gasteiger partial charge on any atom is -0.359 e. The van der Waals surface area contributed by atoms with E-state index in [-0.39, 0.29) is 41.1 Å². The van der Waals surface area contributed by atoms with E-state index < -0.39 is 19.7 Å². The third-order valence-electron chi connectivity index (χ3n) is 6.15. The van der Waals surface area contributed by atoms with Gasteiger partial charge in [-0.1, -0.05) is 60.7 Å². The molecule has 33 heavy (non-hydrogen) atoms. The molecule has 2 aliphatic rings. The van der Waals surface area contributed by atoms with Crippen molar-refractivity contribution in [3.05, 3.63) is 71.8 Å². The molecule has 3 atom stereocenters. The molecule has 0 aromatic heterocycles. The second-order valence-corrected chi connectivity index (χ2v) is 13.5. The third kappa shape index (κ3) is 6.53. The van der Waals surface area contributed by atoms with Gasteiger partial charge in [-0.2, -0.15) is 0 Å². The van der Waals surface area contributed by atoms with E-state index in [1.165, 1.54) is 0 Å². The summed E-state index contributed by atoms with van der Waals surface area (Å²) in [5, 5.41) is 7.03. The van der Waals surface area contributed by atoms with Gasteiger partial charge in [-0.15, -0.1) is 0 Å². The Morgan fingerprint density at radius 3 is 2.12 bits per heavy atom. The Kier molecular flexibility index (Phi) is 7.37. The Labute approximate surface area is 201 Å². The summed E-state index contributed by atoms with van der Waals surface area (Å²) in [4.78, 5) is 1.92. The minimum absolute atomic E-state index is 0.00290. The Hall–Kier alpha value is -2.01. The van der Waals surface area contributed by atoms with Crippen LogP contribution < -0.4 is 10.6 Å². The molecule has 0 aliphatic carbocycles. The lowest BCUT2D eigenvalue weighted by Crippen LogP contribution is -2.55. The lowest BCUT2D eigenvalue weighted by molar-refractivity contribution is 0.272. The zero-order chi connectivity index (χ0) is 23.5. The van der Waals surface area contributed by atoms with Crippen molar-refractivity contribution in [2.75, 3.05) is 23.0 Å². The summed E-state index contributed by atoms with van der Waals surface area (Å²) in [6.45, 7) is 0.994. The lowest BCUT2D eigenvalue weighted by atomic mass is 10.1. The summed E-state index contributed by atoms with van der Waals surface area (Å²) in [5.74, 6) is 0.225. The highest BCUT2D eigenvalue weighted by Crippen LogP contribution is 2.23. The van der Waals surface area contributed by atoms with Gasteiger partial charge < -0.3 is 15.5 Å². The van der Waals surface area contributed by atoms with Crippen molar-refractivity contribution in [1.82, 2.24) is 15.5 Å². The summed E-state index contributed by atoms with van der Waals surface area (Å²) < 4.78 is 49.1. The van der Waals surface area contributed by atoms with E-state index in [0.717, 1.165) is 11.1 Å². The summed E-state index contributed by atoms with van der Waals surface area (Å²) in [5.41, 5.74) is 2.08. The van der Waals surface area contributed by atoms with Gasteiger partial charge in [0.05, 0.1) is 29.1 Å². The largest absolute Gasteiger partial charge is 0.359 e. The van der Waals surface area contributed by atoms with E-state index in [0.29, 0.717) is 24.6 Å². The molecule has 2 aromatic rings. The number of nitrogens with one attached hydrogen (secondary N) is 2. The van der Waals surface area contributed by atoms with Gasteiger partial charge in [0.15, 0.2) is 24.8 Å². The number of benzene rings is 2. The Morgan fingerprint density at radius 2 is 1.52 bits per heavy atom. The van der Waals surface area contributed by atoms with Gasteiger partial charge in [-0.25, -0.2) is 16.8 Å². The van der Waals surface area contributed by atoms with Crippen LogP contribution in [0.5, 0.6) is 0 Å². The fraction of sp³-hybridized carbons (Fsp3) is 0.435. The topological polar surface area (TPSA) is 95.6 Å². The summed E-state index contributed by atoms with van der Waals surface area (Å²) >= 11 is 5.73. The maximum atomic E-state index is 12.7. The van der Waals surface area contributed by atoms with Crippen LogP contribution in [0, 0.1) is 0 Å². The third-order valence-corrected chi connectivity index (χ3v) is 9.99. The molecule has 0 bridgehead atoms. The average molecular weight is 508 g/mol. The molecule has 2 fully saturated rings. The predicted molar refractivity (Wildman–Crippen MR) is 134 cm³/mol. The van der Waals surface area contributed by atoms with E-state index >= 15 is 0 Å². The molecule has 2 aliphatic heterocycles. The van der Waals surface area contributed by atoms with Gasteiger partial charge in [-0.3, -0.25) is 0 Å². The Morgan fingerprint density at radius 1 is 0.879 bits per heavy atom. The van der Waals surface area contributed by atoms with Gasteiger partial charge in [-0.05, 0) is 29.8 Å². The highest BCUT2D eigenvalue weighted by Gasteiger charge is 2.42. The van der Waals surface area contributed by atoms with Crippen LogP contribution in [-0.4, -0.2) is 68.0 Å². The fourth-order valence-corrected chi connectivity index (χ4v) is 8.46. The highest BCUT2D eigenvalue weighted by atomic mass is 32.2. The molecule has 10 heteroatoms. The number of rotatable bonds is 7. The molecule has 2 heterocycles. The van der Waals surface area contributed by atoms with Crippen molar-refractivity contribution >= 4 is 37.0 Å². The van der Waals surface area contributed by atoms with Crippen molar-refractivity contribution in [3.8, 4) is 0 Å². The van der Waals surface area contributed by atoms with E-state index in [4.69, 9.17) is 12.2 Å². The predicted octanol–water partition coefficient (Wildman–Crippen LogP) is 1.51. The van der Waals surface area contributed by atoms with Crippen LogP contribution in [0.25, 0.3) is 0 Å². The molecule has 0 saturated carbocycles. The van der Waals surface area contributed by atoms with Gasteiger partial charge in [0.2, 0.25) is 0 Å². The zero-order valence-electron chi connectivity index (χ0n) is 18.3. The zero-order valence-corrected chi connectivity index (χ0v) is 20.7. The average Bonchev–Trinajstić information content (AvgIpc) is 3.28. The van der Waals surface area contributed by atoms with Crippen molar-refractivity contribution < 1.29 is 16.8 Å². The van der Waals surface area contributed by atoms with Gasteiger partial charge in [0, 0.05) is 25.2 Å². The molecule has 3 unspecified atom stereocenters. The molecule has 0 spiro atoms. The molecule has 2 saturated heterocycles. The van der Waals surface area contributed by atoms with Crippen molar-refractivity contribution in [2.24, 2.45) is 0 Å². The van der Waals surface area contributed by atoms with Crippen LogP contribution >= 0.6 is 12.2 Å². The van der Waals surface area contributed by atoms with Crippen LogP contribution in [0.3, 0.4) is 0 Å². The van der Waals surface area contributed by atoms with Crippen LogP contribution in [-0.2, 0) is 32.8 Å². The Bertz CT molecular complexity index is 1170. The first-order valence-electron chi connectivity index (χ1n) is 11.0. The number of nitrogens with zero attached hydrogens (tertiary/aromatic N) is 1. The summed E-state index contributed by atoms with van der Waals surface area (Å²) in [7, 11) is -6.32. The molecule has 2 N–H and O–H groups in total. The Balaban J connectivity index is 1.55. The summed E-state index contributed by atoms with van der Waals surface area (Å²) in [6.07, 6.45) is 0.500. The first-order chi connectivity index (χ1) is 15.7. The smallest absolute Gasteiger partial charge is 0.169 e. The number of hydrogen-bond acceptors (Lipinski definition) is 6. The van der Waals surface area contributed by atoms with E-state index in [2.05, 4.69) is 10.6 Å². The molecule has 0 amide bonds. The van der Waals surface area contributed by atoms with Gasteiger partial charge >= 0.3 is 0 Å². The van der Waals surface area contributed by atoms with E-state index in [9.17, 15) is 16.8 Å². The fourth-order valence-electron chi connectivity index (χ4n) is 4.46. The quantitative estimate of drug-likeness (QED) is 0.545. The summed E-state index contributed by atoms with van der Waals surface area (Å²) in [6, 6.07) is 18.7. The lowest BCUT2D eigenvalue weighted by Gasteiger charge is -2.36. The molecular formula is C23H29N3O4S3. The molecule has 0 radical (unpaired) electrons. The normalized spacial score (nSPS) is 25.5.